The molecule has 0 heterocycles. The zero-order valence-electron chi connectivity index (χ0n) is 17.8. The van der Waals surface area contributed by atoms with Crippen LogP contribution in [0.5, 0.6) is 0 Å². The fourth-order valence-electron chi connectivity index (χ4n) is 2.20. The Balaban J connectivity index is 0.000000643. The molecule has 6 nitrogen and oxygen atoms in total. The van der Waals surface area contributed by atoms with Crippen LogP contribution in [0.2, 0.25) is 0 Å². The van der Waals surface area contributed by atoms with Crippen molar-refractivity contribution in [1.82, 2.24) is 5.32 Å². The summed E-state index contributed by atoms with van der Waals surface area (Å²) in [5, 5.41) is 11.1. The zero-order chi connectivity index (χ0) is 22.4. The lowest BCUT2D eigenvalue weighted by molar-refractivity contribution is -0.141. The third-order valence-corrected chi connectivity index (χ3v) is 3.87. The van der Waals surface area contributed by atoms with E-state index in [9.17, 15) is 9.59 Å². The van der Waals surface area contributed by atoms with Crippen LogP contribution >= 0.6 is 0 Å². The second kappa shape index (κ2) is 13.1. The molecule has 0 bridgehead atoms. The highest BCUT2D eigenvalue weighted by Gasteiger charge is 2.15. The number of rotatable bonds is 4. The summed E-state index contributed by atoms with van der Waals surface area (Å²) in [5.41, 5.74) is 7.65. The highest BCUT2D eigenvalue weighted by atomic mass is 16.4. The largest absolute Gasteiger partial charge is 0.480 e. The fourth-order valence-corrected chi connectivity index (χ4v) is 2.20. The summed E-state index contributed by atoms with van der Waals surface area (Å²) >= 11 is 0. The number of carboxylic acids is 1. The van der Waals surface area contributed by atoms with Gasteiger partial charge in [0.1, 0.15) is 6.04 Å². The summed E-state index contributed by atoms with van der Waals surface area (Å²) in [6, 6.07) is 17.2. The number of amides is 2. The van der Waals surface area contributed by atoms with Crippen LogP contribution in [0.3, 0.4) is 0 Å². The Bertz CT molecular complexity index is 751. The molecule has 0 aliphatic rings. The first-order chi connectivity index (χ1) is 13.5. The van der Waals surface area contributed by atoms with Crippen LogP contribution in [0, 0.1) is 6.92 Å². The van der Waals surface area contributed by atoms with Crippen molar-refractivity contribution in [3.05, 3.63) is 71.3 Å². The van der Waals surface area contributed by atoms with Gasteiger partial charge in [0, 0.05) is 0 Å². The molecule has 0 aliphatic carbocycles. The van der Waals surface area contributed by atoms with Crippen molar-refractivity contribution in [2.75, 3.05) is 0 Å². The Morgan fingerprint density at radius 1 is 1.07 bits per heavy atom. The lowest BCUT2D eigenvalue weighted by Gasteiger charge is -2.19. The predicted molar refractivity (Wildman–Crippen MR) is 116 cm³/mol. The number of aryl methyl sites for hydroxylation is 1. The Labute approximate surface area is 173 Å². The molecule has 1 atom stereocenters. The molecule has 0 radical (unpaired) electrons. The number of aliphatic carboxylic acids is 1. The molecule has 0 saturated heterocycles. The number of hydrogen-bond donors (Lipinski definition) is 3. The van der Waals surface area contributed by atoms with Gasteiger partial charge in [-0.1, -0.05) is 80.9 Å². The molecule has 158 valence electrons. The molecule has 0 aliphatic heterocycles. The number of benzene rings is 2. The second-order valence-electron chi connectivity index (χ2n) is 7.54. The monoisotopic (exact) mass is 400 g/mol. The van der Waals surface area contributed by atoms with Gasteiger partial charge in [0.15, 0.2) is 0 Å². The van der Waals surface area contributed by atoms with E-state index in [2.05, 4.69) is 50.9 Å². The maximum absolute atomic E-state index is 11.6. The lowest BCUT2D eigenvalue weighted by Crippen LogP contribution is -2.39. The number of nitrogens with one attached hydrogen (secondary N) is 1. The Morgan fingerprint density at radius 3 is 1.90 bits per heavy atom. The number of primary amides is 1. The summed E-state index contributed by atoms with van der Waals surface area (Å²) < 4.78 is 0. The maximum atomic E-state index is 11.6. The molecule has 2 aromatic carbocycles. The van der Waals surface area contributed by atoms with Gasteiger partial charge in [0.25, 0.3) is 0 Å². The van der Waals surface area contributed by atoms with Gasteiger partial charge < -0.3 is 16.2 Å². The minimum Gasteiger partial charge on any atom is -0.480 e. The van der Waals surface area contributed by atoms with Gasteiger partial charge in [0.05, 0.1) is 6.42 Å². The molecule has 2 rings (SSSR count). The van der Waals surface area contributed by atoms with Crippen molar-refractivity contribution >= 4 is 18.3 Å². The van der Waals surface area contributed by atoms with E-state index in [1.54, 1.807) is 0 Å². The third kappa shape index (κ3) is 12.0. The maximum Gasteiger partial charge on any atom is 0.325 e. The van der Waals surface area contributed by atoms with Crippen molar-refractivity contribution < 1.29 is 19.5 Å². The molecule has 4 N–H and O–H groups in total. The lowest BCUT2D eigenvalue weighted by atomic mass is 9.86. The highest BCUT2D eigenvalue weighted by molar-refractivity contribution is 5.84. The van der Waals surface area contributed by atoms with Gasteiger partial charge in [-0.25, -0.2) is 0 Å². The fraction of sp³-hybridized carbons (Fsp3) is 0.348. The first-order valence-corrected chi connectivity index (χ1v) is 9.29. The van der Waals surface area contributed by atoms with Crippen molar-refractivity contribution in [2.24, 2.45) is 5.73 Å². The topological polar surface area (TPSA) is 109 Å². The van der Waals surface area contributed by atoms with E-state index >= 15 is 0 Å². The molecular formula is C23H32N2O4. The molecule has 6 heteroatoms. The minimum absolute atomic E-state index is 0.0820. The molecule has 2 aromatic rings. The van der Waals surface area contributed by atoms with Crippen LogP contribution in [0.1, 0.15) is 44.4 Å². The zero-order valence-corrected chi connectivity index (χ0v) is 17.8. The number of carboxylic acid groups (broad SMARTS) is 1. The van der Waals surface area contributed by atoms with E-state index < -0.39 is 12.0 Å². The van der Waals surface area contributed by atoms with Crippen LogP contribution in [0.4, 0.5) is 0 Å². The van der Waals surface area contributed by atoms with E-state index in [0.29, 0.717) is 0 Å². The second-order valence-corrected chi connectivity index (χ2v) is 7.54. The molecule has 0 saturated carbocycles. The standard InChI is InChI=1S/C15H21NO3.C7H8.CH3NO/c1-10(14(18)19)16-13(17)9-11-5-7-12(8-6-11)15(2,3)4;1-7-5-3-2-4-6-7;2-1-3/h5-8,10H,9H2,1-4H3,(H,16,17)(H,18,19);2-6H,1H3;1H,(H2,2,3). The quantitative estimate of drug-likeness (QED) is 0.685. The number of nitrogens with two attached hydrogens (primary N) is 1. The summed E-state index contributed by atoms with van der Waals surface area (Å²) in [5.74, 6) is -1.31. The minimum atomic E-state index is -1.03. The van der Waals surface area contributed by atoms with E-state index in [-0.39, 0.29) is 24.2 Å². The van der Waals surface area contributed by atoms with E-state index in [1.807, 2.05) is 42.5 Å². The first kappa shape index (κ1) is 25.9. The van der Waals surface area contributed by atoms with Crippen LogP contribution in [-0.4, -0.2) is 29.4 Å². The van der Waals surface area contributed by atoms with E-state index in [0.717, 1.165) is 5.56 Å². The van der Waals surface area contributed by atoms with Crippen molar-refractivity contribution in [2.45, 2.75) is 52.5 Å². The van der Waals surface area contributed by atoms with Crippen molar-refractivity contribution in [1.29, 1.82) is 0 Å². The molecule has 0 spiro atoms. The normalized spacial score (nSPS) is 10.9. The smallest absolute Gasteiger partial charge is 0.325 e. The van der Waals surface area contributed by atoms with E-state index in [4.69, 9.17) is 9.90 Å². The van der Waals surface area contributed by atoms with Gasteiger partial charge >= 0.3 is 5.97 Å². The molecule has 0 aromatic heterocycles. The SMILES string of the molecule is CC(NC(=O)Cc1ccc(C(C)(C)C)cc1)C(=O)O.Cc1ccccc1.NC=O. The van der Waals surface area contributed by atoms with Crippen LogP contribution < -0.4 is 11.1 Å². The Hall–Kier alpha value is -3.15. The molecule has 0 fully saturated rings. The summed E-state index contributed by atoms with van der Waals surface area (Å²) in [7, 11) is 0. The van der Waals surface area contributed by atoms with Crippen LogP contribution in [-0.2, 0) is 26.2 Å². The highest BCUT2D eigenvalue weighted by Crippen LogP contribution is 2.22. The van der Waals surface area contributed by atoms with Crippen LogP contribution in [0.15, 0.2) is 54.6 Å². The predicted octanol–water partition coefficient (Wildman–Crippen LogP) is 3.21. The van der Waals surface area contributed by atoms with Crippen molar-refractivity contribution in [3.63, 3.8) is 0 Å². The van der Waals surface area contributed by atoms with Gasteiger partial charge in [0.2, 0.25) is 12.3 Å². The Kier molecular flexibility index (Phi) is 11.7. The van der Waals surface area contributed by atoms with Crippen LogP contribution in [0.25, 0.3) is 0 Å². The first-order valence-electron chi connectivity index (χ1n) is 9.29. The molecular weight excluding hydrogens is 368 g/mol. The third-order valence-electron chi connectivity index (χ3n) is 3.87. The molecule has 2 amide bonds. The average molecular weight is 401 g/mol. The number of hydrogen-bond acceptors (Lipinski definition) is 3. The van der Waals surface area contributed by atoms with Gasteiger partial charge in [-0.2, -0.15) is 0 Å². The van der Waals surface area contributed by atoms with E-state index in [1.165, 1.54) is 18.1 Å². The van der Waals surface area contributed by atoms with Crippen molar-refractivity contribution in [3.8, 4) is 0 Å². The molecule has 1 unspecified atom stereocenters. The summed E-state index contributed by atoms with van der Waals surface area (Å²) in [6.45, 7) is 9.92. The average Bonchev–Trinajstić information content (AvgIpc) is 2.63. The molecule has 29 heavy (non-hydrogen) atoms. The number of carbonyl (C=O) groups is 3. The summed E-state index contributed by atoms with van der Waals surface area (Å²) in [6.07, 6.45) is 0.446. The van der Waals surface area contributed by atoms with Gasteiger partial charge in [-0.3, -0.25) is 14.4 Å². The van der Waals surface area contributed by atoms with Gasteiger partial charge in [-0.15, -0.1) is 0 Å². The van der Waals surface area contributed by atoms with Gasteiger partial charge in [-0.05, 0) is 30.4 Å². The number of carbonyl (C=O) groups excluding carboxylic acids is 2. The summed E-state index contributed by atoms with van der Waals surface area (Å²) in [4.78, 5) is 30.8. The Morgan fingerprint density at radius 2 is 1.55 bits per heavy atom.